The summed E-state index contributed by atoms with van der Waals surface area (Å²) in [4.78, 5) is 0. The zero-order valence-corrected chi connectivity index (χ0v) is 11.3. The van der Waals surface area contributed by atoms with E-state index in [1.807, 2.05) is 30.3 Å². The highest BCUT2D eigenvalue weighted by molar-refractivity contribution is 5.54. The number of methoxy groups -OCH3 is 1. The van der Waals surface area contributed by atoms with Crippen LogP contribution in [0.25, 0.3) is 0 Å². The van der Waals surface area contributed by atoms with Gasteiger partial charge in [-0.3, -0.25) is 0 Å². The first-order chi connectivity index (χ1) is 9.19. The van der Waals surface area contributed by atoms with Gasteiger partial charge in [-0.05, 0) is 43.2 Å². The van der Waals surface area contributed by atoms with Gasteiger partial charge in [0.05, 0.1) is 25.6 Å². The van der Waals surface area contributed by atoms with Crippen LogP contribution in [0.2, 0.25) is 0 Å². The van der Waals surface area contributed by atoms with Gasteiger partial charge in [-0.2, -0.15) is 0 Å². The van der Waals surface area contributed by atoms with Gasteiger partial charge in [0.25, 0.3) is 0 Å². The molecule has 1 aromatic heterocycles. The van der Waals surface area contributed by atoms with Crippen LogP contribution in [0.5, 0.6) is 5.75 Å². The molecular formula is C15H20N2O2. The van der Waals surface area contributed by atoms with Gasteiger partial charge in [-0.1, -0.05) is 6.07 Å². The van der Waals surface area contributed by atoms with Crippen LogP contribution in [0, 0.1) is 0 Å². The smallest absolute Gasteiger partial charge is 0.141 e. The average molecular weight is 260 g/mol. The zero-order chi connectivity index (χ0) is 13.7. The Labute approximate surface area is 113 Å². The Balaban J connectivity index is 1.88. The highest BCUT2D eigenvalue weighted by Gasteiger charge is 2.06. The van der Waals surface area contributed by atoms with Crippen LogP contribution in [0.4, 0.5) is 5.69 Å². The summed E-state index contributed by atoms with van der Waals surface area (Å²) >= 11 is 0. The van der Waals surface area contributed by atoms with Crippen molar-refractivity contribution in [3.05, 3.63) is 47.9 Å². The van der Waals surface area contributed by atoms with E-state index in [0.29, 0.717) is 11.7 Å². The Morgan fingerprint density at radius 2 is 2.21 bits per heavy atom. The average Bonchev–Trinajstić information content (AvgIpc) is 2.90. The summed E-state index contributed by atoms with van der Waals surface area (Å²) in [5.74, 6) is 1.67. The van der Waals surface area contributed by atoms with E-state index in [4.69, 9.17) is 14.9 Å². The Morgan fingerprint density at radius 1 is 1.37 bits per heavy atom. The highest BCUT2D eigenvalue weighted by Crippen LogP contribution is 2.22. The maximum Gasteiger partial charge on any atom is 0.141 e. The van der Waals surface area contributed by atoms with Crippen molar-refractivity contribution in [3.8, 4) is 5.75 Å². The minimum absolute atomic E-state index is 0.345. The lowest BCUT2D eigenvalue weighted by Gasteiger charge is -2.14. The number of nitrogen functional groups attached to an aromatic ring is 1. The lowest BCUT2D eigenvalue weighted by Crippen LogP contribution is -2.27. The van der Waals surface area contributed by atoms with Crippen LogP contribution in [0.1, 0.15) is 18.2 Å². The molecule has 1 aromatic carbocycles. The van der Waals surface area contributed by atoms with E-state index in [1.165, 1.54) is 5.56 Å². The first kappa shape index (κ1) is 13.5. The number of benzene rings is 1. The minimum atomic E-state index is 0.345. The first-order valence-electron chi connectivity index (χ1n) is 6.37. The Bertz CT molecular complexity index is 509. The van der Waals surface area contributed by atoms with Crippen LogP contribution in [-0.4, -0.2) is 13.2 Å². The maximum atomic E-state index is 5.90. The monoisotopic (exact) mass is 260 g/mol. The van der Waals surface area contributed by atoms with Crippen LogP contribution >= 0.6 is 0 Å². The van der Waals surface area contributed by atoms with Gasteiger partial charge in [0, 0.05) is 6.04 Å². The largest absolute Gasteiger partial charge is 0.495 e. The summed E-state index contributed by atoms with van der Waals surface area (Å²) < 4.78 is 10.4. The molecule has 3 N–H and O–H groups in total. The van der Waals surface area contributed by atoms with Crippen molar-refractivity contribution in [1.29, 1.82) is 0 Å². The molecule has 1 heterocycles. The second kappa shape index (κ2) is 6.29. The SMILES string of the molecule is COc1ccc(CC(C)NCc2ccco2)cc1N. The lowest BCUT2D eigenvalue weighted by atomic mass is 10.1. The van der Waals surface area contributed by atoms with Gasteiger partial charge in [0.2, 0.25) is 0 Å². The molecule has 0 bridgehead atoms. The second-order valence-corrected chi connectivity index (χ2v) is 4.64. The molecule has 4 heteroatoms. The molecule has 0 aliphatic carbocycles. The molecule has 0 radical (unpaired) electrons. The van der Waals surface area contributed by atoms with Gasteiger partial charge in [0.15, 0.2) is 0 Å². The van der Waals surface area contributed by atoms with E-state index < -0.39 is 0 Å². The number of nitrogens with one attached hydrogen (secondary N) is 1. The molecule has 19 heavy (non-hydrogen) atoms. The summed E-state index contributed by atoms with van der Waals surface area (Å²) in [6, 6.07) is 10.1. The Kier molecular flexibility index (Phi) is 4.47. The van der Waals surface area contributed by atoms with Crippen molar-refractivity contribution < 1.29 is 9.15 Å². The Morgan fingerprint density at radius 3 is 2.84 bits per heavy atom. The molecule has 1 unspecified atom stereocenters. The van der Waals surface area contributed by atoms with E-state index in [2.05, 4.69) is 12.2 Å². The Hall–Kier alpha value is -1.94. The number of anilines is 1. The summed E-state index contributed by atoms with van der Waals surface area (Å²) in [6.07, 6.45) is 2.60. The third kappa shape index (κ3) is 3.76. The van der Waals surface area contributed by atoms with Crippen LogP contribution in [0.15, 0.2) is 41.0 Å². The van der Waals surface area contributed by atoms with E-state index in [-0.39, 0.29) is 0 Å². The normalized spacial score (nSPS) is 12.3. The van der Waals surface area contributed by atoms with Crippen LogP contribution < -0.4 is 15.8 Å². The highest BCUT2D eigenvalue weighted by atomic mass is 16.5. The number of furan rings is 1. The first-order valence-corrected chi connectivity index (χ1v) is 6.37. The second-order valence-electron chi connectivity index (χ2n) is 4.64. The van der Waals surface area contributed by atoms with Gasteiger partial charge in [0.1, 0.15) is 11.5 Å². The lowest BCUT2D eigenvalue weighted by molar-refractivity contribution is 0.416. The molecule has 0 saturated heterocycles. The topological polar surface area (TPSA) is 60.4 Å². The molecule has 0 spiro atoms. The molecular weight excluding hydrogens is 240 g/mol. The molecule has 4 nitrogen and oxygen atoms in total. The third-order valence-electron chi connectivity index (χ3n) is 3.04. The van der Waals surface area contributed by atoms with Gasteiger partial charge in [-0.25, -0.2) is 0 Å². The van der Waals surface area contributed by atoms with Gasteiger partial charge >= 0.3 is 0 Å². The third-order valence-corrected chi connectivity index (χ3v) is 3.04. The number of ether oxygens (including phenoxy) is 1. The van der Waals surface area contributed by atoms with Crippen molar-refractivity contribution in [1.82, 2.24) is 5.32 Å². The standard InChI is InChI=1S/C15H20N2O2/c1-11(17-10-13-4-3-7-19-13)8-12-5-6-15(18-2)14(16)9-12/h3-7,9,11,17H,8,10,16H2,1-2H3. The van der Waals surface area contributed by atoms with E-state index in [0.717, 1.165) is 24.5 Å². The molecule has 0 aliphatic rings. The number of hydrogen-bond donors (Lipinski definition) is 2. The van der Waals surface area contributed by atoms with E-state index >= 15 is 0 Å². The fourth-order valence-corrected chi connectivity index (χ4v) is 2.02. The van der Waals surface area contributed by atoms with Crippen molar-refractivity contribution in [2.24, 2.45) is 0 Å². The molecule has 0 aliphatic heterocycles. The summed E-state index contributed by atoms with van der Waals surface area (Å²) in [6.45, 7) is 2.88. The van der Waals surface area contributed by atoms with Crippen LogP contribution in [-0.2, 0) is 13.0 Å². The molecule has 1 atom stereocenters. The number of rotatable bonds is 6. The van der Waals surface area contributed by atoms with Crippen molar-refractivity contribution >= 4 is 5.69 Å². The predicted molar refractivity (Wildman–Crippen MR) is 76.1 cm³/mol. The fraction of sp³-hybridized carbons (Fsp3) is 0.333. The summed E-state index contributed by atoms with van der Waals surface area (Å²) in [5, 5.41) is 3.42. The molecule has 0 amide bonds. The van der Waals surface area contributed by atoms with Gasteiger partial charge < -0.3 is 20.2 Å². The molecule has 102 valence electrons. The zero-order valence-electron chi connectivity index (χ0n) is 11.3. The van der Waals surface area contributed by atoms with E-state index in [1.54, 1.807) is 13.4 Å². The van der Waals surface area contributed by atoms with Crippen molar-refractivity contribution in [3.63, 3.8) is 0 Å². The quantitative estimate of drug-likeness (QED) is 0.784. The van der Waals surface area contributed by atoms with Crippen molar-refractivity contribution in [2.75, 3.05) is 12.8 Å². The molecule has 0 fully saturated rings. The summed E-state index contributed by atoms with van der Waals surface area (Å²) in [7, 11) is 1.62. The van der Waals surface area contributed by atoms with Crippen molar-refractivity contribution in [2.45, 2.75) is 25.9 Å². The predicted octanol–water partition coefficient (Wildman–Crippen LogP) is 2.59. The molecule has 2 aromatic rings. The van der Waals surface area contributed by atoms with Gasteiger partial charge in [-0.15, -0.1) is 0 Å². The number of nitrogens with two attached hydrogens (primary N) is 1. The maximum absolute atomic E-state index is 5.90. The fourth-order valence-electron chi connectivity index (χ4n) is 2.02. The summed E-state index contributed by atoms with van der Waals surface area (Å²) in [5.41, 5.74) is 7.77. The molecule has 2 rings (SSSR count). The van der Waals surface area contributed by atoms with Crippen LogP contribution in [0.3, 0.4) is 0 Å². The van der Waals surface area contributed by atoms with E-state index in [9.17, 15) is 0 Å². The number of hydrogen-bond acceptors (Lipinski definition) is 4. The molecule has 0 saturated carbocycles. The minimum Gasteiger partial charge on any atom is -0.495 e.